The number of benzene rings is 1. The van der Waals surface area contributed by atoms with Crippen LogP contribution < -0.4 is 15.0 Å². The van der Waals surface area contributed by atoms with E-state index in [1.807, 2.05) is 0 Å². The second-order valence-electron chi connectivity index (χ2n) is 5.20. The van der Waals surface area contributed by atoms with E-state index in [9.17, 15) is 9.59 Å². The van der Waals surface area contributed by atoms with Crippen molar-refractivity contribution < 1.29 is 14.3 Å². The highest BCUT2D eigenvalue weighted by atomic mass is 35.5. The van der Waals surface area contributed by atoms with Crippen LogP contribution in [0, 0.1) is 0 Å². The number of nitrogens with one attached hydrogen (secondary N) is 1. The Morgan fingerprint density at radius 1 is 1.35 bits per heavy atom. The zero-order valence-corrected chi connectivity index (χ0v) is 12.5. The number of nitrogens with zero attached hydrogens (tertiary/aromatic N) is 1. The molecule has 1 aromatic rings. The molecule has 0 bridgehead atoms. The molecule has 0 saturated carbocycles. The number of methoxy groups -OCH3 is 1. The monoisotopic (exact) mass is 296 g/mol. The van der Waals surface area contributed by atoms with Crippen molar-refractivity contribution in [2.75, 3.05) is 18.6 Å². The molecule has 1 aromatic carbocycles. The van der Waals surface area contributed by atoms with Crippen LogP contribution in [0.4, 0.5) is 5.69 Å². The molecule has 0 atom stereocenters. The van der Waals surface area contributed by atoms with E-state index in [2.05, 4.69) is 5.32 Å². The lowest BCUT2D eigenvalue weighted by Gasteiger charge is -2.29. The van der Waals surface area contributed by atoms with Crippen molar-refractivity contribution in [3.8, 4) is 5.75 Å². The number of amides is 2. The lowest BCUT2D eigenvalue weighted by Crippen LogP contribution is -2.53. The van der Waals surface area contributed by atoms with Gasteiger partial charge in [0.2, 0.25) is 5.91 Å². The van der Waals surface area contributed by atoms with Crippen molar-refractivity contribution in [1.29, 1.82) is 0 Å². The fraction of sp³-hybridized carbons (Fsp3) is 0.429. The minimum Gasteiger partial charge on any atom is -0.495 e. The molecule has 1 aliphatic rings. The smallest absolute Gasteiger partial charge is 0.252 e. The van der Waals surface area contributed by atoms with E-state index < -0.39 is 5.54 Å². The van der Waals surface area contributed by atoms with Gasteiger partial charge in [0.1, 0.15) is 11.3 Å². The predicted molar refractivity (Wildman–Crippen MR) is 77.2 cm³/mol. The number of anilines is 1. The summed E-state index contributed by atoms with van der Waals surface area (Å²) in [5.41, 5.74) is -0.273. The third-order valence-corrected chi connectivity index (χ3v) is 3.54. The van der Waals surface area contributed by atoms with Crippen LogP contribution in [0.2, 0.25) is 5.02 Å². The van der Waals surface area contributed by atoms with Gasteiger partial charge in [-0.2, -0.15) is 0 Å². The van der Waals surface area contributed by atoms with E-state index in [1.165, 1.54) is 7.11 Å². The Morgan fingerprint density at radius 2 is 2.05 bits per heavy atom. The molecule has 20 heavy (non-hydrogen) atoms. The van der Waals surface area contributed by atoms with E-state index in [0.717, 1.165) is 0 Å². The SMILES string of the molecule is COc1ccc(N2CCC(=O)NC(C)(C)C2=O)cc1Cl. The number of rotatable bonds is 2. The number of halogens is 1. The molecule has 2 amide bonds. The summed E-state index contributed by atoms with van der Waals surface area (Å²) in [5.74, 6) is 0.251. The average Bonchev–Trinajstić information content (AvgIpc) is 2.47. The van der Waals surface area contributed by atoms with E-state index in [-0.39, 0.29) is 18.2 Å². The molecule has 1 heterocycles. The second-order valence-corrected chi connectivity index (χ2v) is 5.61. The van der Waals surface area contributed by atoms with Crippen molar-refractivity contribution in [3.63, 3.8) is 0 Å². The average molecular weight is 297 g/mol. The molecule has 0 aliphatic carbocycles. The predicted octanol–water partition coefficient (Wildman–Crippen LogP) is 1.98. The summed E-state index contributed by atoms with van der Waals surface area (Å²) in [6, 6.07) is 5.14. The van der Waals surface area contributed by atoms with Gasteiger partial charge in [0.05, 0.1) is 12.1 Å². The van der Waals surface area contributed by atoms with E-state index in [0.29, 0.717) is 23.0 Å². The topological polar surface area (TPSA) is 58.6 Å². The van der Waals surface area contributed by atoms with Gasteiger partial charge in [-0.05, 0) is 32.0 Å². The van der Waals surface area contributed by atoms with Crippen molar-refractivity contribution in [1.82, 2.24) is 5.32 Å². The fourth-order valence-electron chi connectivity index (χ4n) is 2.19. The first kappa shape index (κ1) is 14.7. The van der Waals surface area contributed by atoms with E-state index >= 15 is 0 Å². The number of hydrogen-bond donors (Lipinski definition) is 1. The molecule has 108 valence electrons. The summed E-state index contributed by atoms with van der Waals surface area (Å²) in [6.45, 7) is 3.71. The fourth-order valence-corrected chi connectivity index (χ4v) is 2.44. The molecule has 6 heteroatoms. The maximum atomic E-state index is 12.5. The van der Waals surface area contributed by atoms with Gasteiger partial charge in [-0.1, -0.05) is 11.6 Å². The number of hydrogen-bond acceptors (Lipinski definition) is 3. The highest BCUT2D eigenvalue weighted by Crippen LogP contribution is 2.30. The van der Waals surface area contributed by atoms with Crippen molar-refractivity contribution in [2.45, 2.75) is 25.8 Å². The maximum Gasteiger partial charge on any atom is 0.252 e. The van der Waals surface area contributed by atoms with Gasteiger partial charge in [-0.25, -0.2) is 0 Å². The number of carbonyl (C=O) groups is 2. The van der Waals surface area contributed by atoms with Gasteiger partial charge in [0, 0.05) is 18.7 Å². The first-order valence-corrected chi connectivity index (χ1v) is 6.69. The number of carbonyl (C=O) groups excluding carboxylic acids is 2. The lowest BCUT2D eigenvalue weighted by molar-refractivity contribution is -0.128. The zero-order chi connectivity index (χ0) is 14.9. The third kappa shape index (κ3) is 2.72. The molecule has 0 unspecified atom stereocenters. The standard InChI is InChI=1S/C14H17ClN2O3/c1-14(2)13(19)17(7-6-12(18)16-14)9-4-5-11(20-3)10(15)8-9/h4-5,8H,6-7H2,1-3H3,(H,16,18). The lowest BCUT2D eigenvalue weighted by atomic mass is 10.0. The first-order valence-electron chi connectivity index (χ1n) is 6.31. The summed E-state index contributed by atoms with van der Waals surface area (Å²) < 4.78 is 5.09. The van der Waals surface area contributed by atoms with E-state index in [1.54, 1.807) is 36.9 Å². The quantitative estimate of drug-likeness (QED) is 0.908. The van der Waals surface area contributed by atoms with Crippen LogP contribution in [0.5, 0.6) is 5.75 Å². The molecule has 2 rings (SSSR count). The molecule has 1 aliphatic heterocycles. The molecule has 0 aromatic heterocycles. The summed E-state index contributed by atoms with van der Waals surface area (Å²) >= 11 is 6.09. The Kier molecular flexibility index (Phi) is 3.90. The molecular formula is C14H17ClN2O3. The Labute approximate surface area is 122 Å². The Morgan fingerprint density at radius 3 is 2.65 bits per heavy atom. The molecule has 1 saturated heterocycles. The highest BCUT2D eigenvalue weighted by molar-refractivity contribution is 6.32. The molecule has 1 fully saturated rings. The van der Waals surface area contributed by atoms with Crippen LogP contribution in [-0.4, -0.2) is 31.0 Å². The highest BCUT2D eigenvalue weighted by Gasteiger charge is 2.37. The van der Waals surface area contributed by atoms with Crippen molar-refractivity contribution >= 4 is 29.1 Å². The molecule has 1 N–H and O–H groups in total. The zero-order valence-electron chi connectivity index (χ0n) is 11.7. The third-order valence-electron chi connectivity index (χ3n) is 3.24. The Hall–Kier alpha value is -1.75. The molecule has 5 nitrogen and oxygen atoms in total. The molecular weight excluding hydrogens is 280 g/mol. The minimum atomic E-state index is -0.931. The van der Waals surface area contributed by atoms with Gasteiger partial charge >= 0.3 is 0 Å². The summed E-state index contributed by atoms with van der Waals surface area (Å²) in [7, 11) is 1.53. The van der Waals surface area contributed by atoms with Gasteiger partial charge in [-0.3, -0.25) is 9.59 Å². The minimum absolute atomic E-state index is 0.134. The van der Waals surface area contributed by atoms with Gasteiger partial charge in [0.25, 0.3) is 5.91 Å². The van der Waals surface area contributed by atoms with Gasteiger partial charge in [-0.15, -0.1) is 0 Å². The van der Waals surface area contributed by atoms with Crippen molar-refractivity contribution in [2.24, 2.45) is 0 Å². The summed E-state index contributed by atoms with van der Waals surface area (Å²) in [5, 5.41) is 3.15. The van der Waals surface area contributed by atoms with Crippen LogP contribution in [0.1, 0.15) is 20.3 Å². The first-order chi connectivity index (χ1) is 9.35. The van der Waals surface area contributed by atoms with Crippen molar-refractivity contribution in [3.05, 3.63) is 23.2 Å². The van der Waals surface area contributed by atoms with Crippen LogP contribution in [0.25, 0.3) is 0 Å². The second kappa shape index (κ2) is 5.32. The maximum absolute atomic E-state index is 12.5. The summed E-state index contributed by atoms with van der Waals surface area (Å²) in [6.07, 6.45) is 0.263. The van der Waals surface area contributed by atoms with Crippen LogP contribution in [0.15, 0.2) is 18.2 Å². The molecule has 0 spiro atoms. The van der Waals surface area contributed by atoms with Crippen LogP contribution in [0.3, 0.4) is 0 Å². The van der Waals surface area contributed by atoms with Gasteiger partial charge in [0.15, 0.2) is 0 Å². The largest absolute Gasteiger partial charge is 0.495 e. The van der Waals surface area contributed by atoms with E-state index in [4.69, 9.17) is 16.3 Å². The number of ether oxygens (including phenoxy) is 1. The normalized spacial score (nSPS) is 18.5. The summed E-state index contributed by atoms with van der Waals surface area (Å²) in [4.78, 5) is 25.7. The Balaban J connectivity index is 2.37. The van der Waals surface area contributed by atoms with Gasteiger partial charge < -0.3 is 15.0 Å². The Bertz CT molecular complexity index is 557. The van der Waals surface area contributed by atoms with Crippen LogP contribution in [-0.2, 0) is 9.59 Å². The van der Waals surface area contributed by atoms with Crippen LogP contribution >= 0.6 is 11.6 Å². The molecule has 0 radical (unpaired) electrons.